The van der Waals surface area contributed by atoms with E-state index in [0.717, 1.165) is 5.56 Å². The number of esters is 1. The van der Waals surface area contributed by atoms with E-state index in [0.29, 0.717) is 21.9 Å². The number of nitrogens with zero attached hydrogens (tertiary/aromatic N) is 1. The minimum atomic E-state index is -0.509. The summed E-state index contributed by atoms with van der Waals surface area (Å²) in [5, 5.41) is 4.49. The average molecular weight is 393 g/mol. The molecule has 3 aromatic rings. The molecule has 0 radical (unpaired) electrons. The maximum Gasteiger partial charge on any atom is 0.343 e. The standard InChI is InChI=1S/C22H17ClN2O3/c23-19-12-10-17(11-13-19)22(27)28-20-9-5-4-8-18(20)15-24-25-21(26)14-16-6-2-1-3-7-16/h1-13,15H,14H2,(H,25,26)/b24-15-. The Kier molecular flexibility index (Phi) is 6.54. The van der Waals surface area contributed by atoms with Crippen molar-refractivity contribution in [2.75, 3.05) is 0 Å². The molecule has 0 saturated heterocycles. The largest absolute Gasteiger partial charge is 0.422 e. The Balaban J connectivity index is 1.63. The number of amides is 1. The van der Waals surface area contributed by atoms with Crippen LogP contribution >= 0.6 is 11.6 Å². The molecule has 5 nitrogen and oxygen atoms in total. The molecular weight excluding hydrogens is 376 g/mol. The van der Waals surface area contributed by atoms with Gasteiger partial charge in [-0.25, -0.2) is 10.2 Å². The van der Waals surface area contributed by atoms with Crippen LogP contribution in [0, 0.1) is 0 Å². The number of hydrogen-bond acceptors (Lipinski definition) is 4. The molecule has 0 bridgehead atoms. The third kappa shape index (κ3) is 5.53. The van der Waals surface area contributed by atoms with Gasteiger partial charge in [0.1, 0.15) is 5.75 Å². The highest BCUT2D eigenvalue weighted by atomic mass is 35.5. The summed E-state index contributed by atoms with van der Waals surface area (Å²) in [5.41, 5.74) is 4.31. The number of hydrogen-bond donors (Lipinski definition) is 1. The van der Waals surface area contributed by atoms with Crippen molar-refractivity contribution < 1.29 is 14.3 Å². The summed E-state index contributed by atoms with van der Waals surface area (Å²) in [6, 6.07) is 22.7. The van der Waals surface area contributed by atoms with E-state index in [9.17, 15) is 9.59 Å². The van der Waals surface area contributed by atoms with Crippen LogP contribution in [-0.2, 0) is 11.2 Å². The van der Waals surface area contributed by atoms with Gasteiger partial charge in [0.2, 0.25) is 5.91 Å². The van der Waals surface area contributed by atoms with Crippen molar-refractivity contribution in [3.8, 4) is 5.75 Å². The Morgan fingerprint density at radius 2 is 1.61 bits per heavy atom. The Bertz CT molecular complexity index is 986. The molecule has 0 spiro atoms. The lowest BCUT2D eigenvalue weighted by molar-refractivity contribution is -0.120. The first kappa shape index (κ1) is 19.3. The van der Waals surface area contributed by atoms with Crippen molar-refractivity contribution >= 4 is 29.7 Å². The minimum absolute atomic E-state index is 0.228. The lowest BCUT2D eigenvalue weighted by Crippen LogP contribution is -2.19. The monoisotopic (exact) mass is 392 g/mol. The predicted molar refractivity (Wildman–Crippen MR) is 109 cm³/mol. The Morgan fingerprint density at radius 3 is 2.36 bits per heavy atom. The Morgan fingerprint density at radius 1 is 0.929 bits per heavy atom. The molecule has 0 unspecified atom stereocenters. The quantitative estimate of drug-likeness (QED) is 0.295. The van der Waals surface area contributed by atoms with Crippen molar-refractivity contribution in [2.24, 2.45) is 5.10 Å². The molecule has 3 rings (SSSR count). The van der Waals surface area contributed by atoms with E-state index in [-0.39, 0.29) is 12.3 Å². The molecule has 6 heteroatoms. The number of rotatable bonds is 6. The van der Waals surface area contributed by atoms with E-state index in [1.807, 2.05) is 30.3 Å². The maximum atomic E-state index is 12.3. The number of hydrazone groups is 1. The highest BCUT2D eigenvalue weighted by Crippen LogP contribution is 2.18. The van der Waals surface area contributed by atoms with Gasteiger partial charge in [-0.15, -0.1) is 0 Å². The first-order valence-corrected chi connectivity index (χ1v) is 8.92. The van der Waals surface area contributed by atoms with Crippen LogP contribution in [-0.4, -0.2) is 18.1 Å². The number of para-hydroxylation sites is 1. The molecule has 0 aromatic heterocycles. The van der Waals surface area contributed by atoms with Gasteiger partial charge in [0, 0.05) is 10.6 Å². The second-order valence-electron chi connectivity index (χ2n) is 5.89. The molecule has 0 aliphatic heterocycles. The smallest absolute Gasteiger partial charge is 0.343 e. The van der Waals surface area contributed by atoms with E-state index in [1.165, 1.54) is 6.21 Å². The van der Waals surface area contributed by atoms with Crippen LogP contribution in [0.3, 0.4) is 0 Å². The molecule has 0 saturated carbocycles. The summed E-state index contributed by atoms with van der Waals surface area (Å²) < 4.78 is 5.44. The van der Waals surface area contributed by atoms with Gasteiger partial charge in [-0.2, -0.15) is 5.10 Å². The number of carbonyl (C=O) groups excluding carboxylic acids is 2. The van der Waals surface area contributed by atoms with E-state index in [4.69, 9.17) is 16.3 Å². The molecule has 0 aliphatic rings. The maximum absolute atomic E-state index is 12.3. The van der Waals surface area contributed by atoms with Gasteiger partial charge < -0.3 is 4.74 Å². The van der Waals surface area contributed by atoms with Crippen molar-refractivity contribution in [3.63, 3.8) is 0 Å². The van der Waals surface area contributed by atoms with Gasteiger partial charge in [-0.1, -0.05) is 54.1 Å². The van der Waals surface area contributed by atoms with E-state index >= 15 is 0 Å². The summed E-state index contributed by atoms with van der Waals surface area (Å²) in [6.45, 7) is 0. The Labute approximate surface area is 167 Å². The fourth-order valence-electron chi connectivity index (χ4n) is 2.42. The van der Waals surface area contributed by atoms with Crippen molar-refractivity contribution in [1.82, 2.24) is 5.43 Å². The number of ether oxygens (including phenoxy) is 1. The summed E-state index contributed by atoms with van der Waals surface area (Å²) in [6.07, 6.45) is 1.67. The Hall–Kier alpha value is -3.44. The van der Waals surface area contributed by atoms with Gasteiger partial charge in [0.05, 0.1) is 18.2 Å². The van der Waals surface area contributed by atoms with Crippen LogP contribution in [0.25, 0.3) is 0 Å². The van der Waals surface area contributed by atoms with Gasteiger partial charge in [0.25, 0.3) is 0 Å². The van der Waals surface area contributed by atoms with E-state index in [2.05, 4.69) is 10.5 Å². The zero-order valence-electron chi connectivity index (χ0n) is 14.8. The van der Waals surface area contributed by atoms with Crippen molar-refractivity contribution in [3.05, 3.63) is 101 Å². The number of benzene rings is 3. The number of nitrogens with one attached hydrogen (secondary N) is 1. The third-order valence-corrected chi connectivity index (χ3v) is 4.05. The summed E-state index contributed by atoms with van der Waals surface area (Å²) in [5.74, 6) is -0.410. The summed E-state index contributed by atoms with van der Waals surface area (Å²) in [7, 11) is 0. The van der Waals surface area contributed by atoms with Crippen LogP contribution in [0.2, 0.25) is 5.02 Å². The topological polar surface area (TPSA) is 67.8 Å². The van der Waals surface area contributed by atoms with Crippen LogP contribution in [0.1, 0.15) is 21.5 Å². The van der Waals surface area contributed by atoms with E-state index < -0.39 is 5.97 Å². The second-order valence-corrected chi connectivity index (χ2v) is 6.33. The zero-order chi connectivity index (χ0) is 19.8. The summed E-state index contributed by atoms with van der Waals surface area (Å²) in [4.78, 5) is 24.2. The lowest BCUT2D eigenvalue weighted by atomic mass is 10.1. The summed E-state index contributed by atoms with van der Waals surface area (Å²) >= 11 is 5.83. The number of carbonyl (C=O) groups is 2. The molecule has 0 aliphatic carbocycles. The molecule has 3 aromatic carbocycles. The lowest BCUT2D eigenvalue weighted by Gasteiger charge is -2.07. The van der Waals surface area contributed by atoms with Gasteiger partial charge in [-0.05, 0) is 42.0 Å². The highest BCUT2D eigenvalue weighted by molar-refractivity contribution is 6.30. The molecule has 0 heterocycles. The molecule has 28 heavy (non-hydrogen) atoms. The minimum Gasteiger partial charge on any atom is -0.422 e. The molecule has 0 fully saturated rings. The zero-order valence-corrected chi connectivity index (χ0v) is 15.6. The second kappa shape index (κ2) is 9.48. The van der Waals surface area contributed by atoms with Crippen LogP contribution < -0.4 is 10.2 Å². The van der Waals surface area contributed by atoms with Crippen LogP contribution in [0.5, 0.6) is 5.75 Å². The van der Waals surface area contributed by atoms with Crippen LogP contribution in [0.4, 0.5) is 0 Å². The first-order chi connectivity index (χ1) is 13.6. The van der Waals surface area contributed by atoms with E-state index in [1.54, 1.807) is 48.5 Å². The molecule has 1 N–H and O–H groups in total. The third-order valence-electron chi connectivity index (χ3n) is 3.80. The first-order valence-electron chi connectivity index (χ1n) is 8.54. The van der Waals surface area contributed by atoms with Crippen LogP contribution in [0.15, 0.2) is 84.0 Å². The molecular formula is C22H17ClN2O3. The fourth-order valence-corrected chi connectivity index (χ4v) is 2.55. The highest BCUT2D eigenvalue weighted by Gasteiger charge is 2.11. The molecule has 140 valence electrons. The predicted octanol–water partition coefficient (Wildman–Crippen LogP) is 4.25. The molecule has 0 atom stereocenters. The van der Waals surface area contributed by atoms with Crippen molar-refractivity contribution in [1.29, 1.82) is 0 Å². The van der Waals surface area contributed by atoms with Gasteiger partial charge in [-0.3, -0.25) is 4.79 Å². The van der Waals surface area contributed by atoms with Gasteiger partial charge >= 0.3 is 5.97 Å². The molecule has 1 amide bonds. The number of halogens is 1. The SMILES string of the molecule is O=C(Cc1ccccc1)N/N=C\c1ccccc1OC(=O)c1ccc(Cl)cc1. The fraction of sp³-hybridized carbons (Fsp3) is 0.0455. The van der Waals surface area contributed by atoms with Gasteiger partial charge in [0.15, 0.2) is 0 Å². The average Bonchev–Trinajstić information content (AvgIpc) is 2.70. The normalized spacial score (nSPS) is 10.6. The van der Waals surface area contributed by atoms with Crippen molar-refractivity contribution in [2.45, 2.75) is 6.42 Å².